The number of alkyl halides is 3. The second-order valence-corrected chi connectivity index (χ2v) is 9.73. The number of carbonyl (C=O) groups excluding carboxylic acids is 1. The predicted octanol–water partition coefficient (Wildman–Crippen LogP) is 3.76. The molecule has 1 aliphatic carbocycles. The zero-order valence-corrected chi connectivity index (χ0v) is 19.5. The van der Waals surface area contributed by atoms with Crippen molar-refractivity contribution >= 4 is 11.9 Å². The van der Waals surface area contributed by atoms with Gasteiger partial charge in [0.2, 0.25) is 0 Å². The van der Waals surface area contributed by atoms with Crippen molar-refractivity contribution in [3.05, 3.63) is 34.9 Å². The molecule has 2 aliphatic heterocycles. The first kappa shape index (κ1) is 25.5. The lowest BCUT2D eigenvalue weighted by Gasteiger charge is -2.30. The van der Waals surface area contributed by atoms with Crippen molar-refractivity contribution in [3.63, 3.8) is 0 Å². The summed E-state index contributed by atoms with van der Waals surface area (Å²) in [4.78, 5) is 26.7. The molecule has 0 radical (unpaired) electrons. The summed E-state index contributed by atoms with van der Waals surface area (Å²) >= 11 is 0. The van der Waals surface area contributed by atoms with Gasteiger partial charge in [-0.2, -0.15) is 13.2 Å². The first-order chi connectivity index (χ1) is 15.4. The molecule has 0 bridgehead atoms. The zero-order chi connectivity index (χ0) is 24.4. The van der Waals surface area contributed by atoms with E-state index in [9.17, 15) is 18.0 Å². The molecule has 0 unspecified atom stereocenters. The topological polar surface area (TPSA) is 70.1 Å². The van der Waals surface area contributed by atoms with Gasteiger partial charge in [-0.15, -0.1) is 0 Å². The summed E-state index contributed by atoms with van der Waals surface area (Å²) in [6.07, 6.45) is -1.18. The molecule has 184 valence electrons. The van der Waals surface area contributed by atoms with E-state index < -0.39 is 12.1 Å². The van der Waals surface area contributed by atoms with Crippen LogP contribution in [0.2, 0.25) is 0 Å². The molecule has 0 aromatic heterocycles. The fraction of sp³-hybridized carbons (Fsp3) is 0.667. The smallest absolute Gasteiger partial charge is 0.475 e. The SMILES string of the molecule is COC[C@H]1CN(CC2CC2)C[C@@]12CCN(C(=O)c1ccc(C)c(C)c1)C2.O=C(O)C(F)(F)F. The molecule has 1 saturated carbocycles. The Balaban J connectivity index is 0.000000383. The molecule has 3 fully saturated rings. The molecule has 2 atom stereocenters. The van der Waals surface area contributed by atoms with Gasteiger partial charge < -0.3 is 19.6 Å². The molecule has 33 heavy (non-hydrogen) atoms. The van der Waals surface area contributed by atoms with Crippen LogP contribution in [-0.2, 0) is 9.53 Å². The number of ether oxygens (including phenoxy) is 1. The van der Waals surface area contributed by atoms with Crippen molar-refractivity contribution in [2.75, 3.05) is 46.4 Å². The highest BCUT2D eigenvalue weighted by molar-refractivity contribution is 5.94. The number of amides is 1. The van der Waals surface area contributed by atoms with Gasteiger partial charge in [0.15, 0.2) is 0 Å². The minimum absolute atomic E-state index is 0.196. The summed E-state index contributed by atoms with van der Waals surface area (Å²) in [5, 5.41) is 7.12. The van der Waals surface area contributed by atoms with Crippen LogP contribution in [-0.4, -0.2) is 79.4 Å². The Kier molecular flexibility index (Phi) is 7.73. The highest BCUT2D eigenvalue weighted by Gasteiger charge is 2.51. The predicted molar refractivity (Wildman–Crippen MR) is 117 cm³/mol. The van der Waals surface area contributed by atoms with E-state index in [1.807, 2.05) is 19.2 Å². The van der Waals surface area contributed by atoms with Gasteiger partial charge >= 0.3 is 12.1 Å². The minimum Gasteiger partial charge on any atom is -0.475 e. The second kappa shape index (κ2) is 10.0. The third-order valence-corrected chi connectivity index (χ3v) is 7.13. The van der Waals surface area contributed by atoms with E-state index in [1.54, 1.807) is 0 Å². The third-order valence-electron chi connectivity index (χ3n) is 7.13. The van der Waals surface area contributed by atoms with Crippen LogP contribution in [0.4, 0.5) is 13.2 Å². The summed E-state index contributed by atoms with van der Waals surface area (Å²) in [5.74, 6) is -1.10. The molecule has 9 heteroatoms. The quantitative estimate of drug-likeness (QED) is 0.710. The number of carboxylic acids is 1. The van der Waals surface area contributed by atoms with Crippen LogP contribution in [0.5, 0.6) is 0 Å². The molecule has 6 nitrogen and oxygen atoms in total. The standard InChI is InChI=1S/C22H32N2O2.C2HF3O2/c1-16-4-7-19(10-17(16)2)21(25)24-9-8-22(15-24)14-23(11-18-5-6-18)12-20(22)13-26-3;3-2(4,5)1(6)7/h4,7,10,18,20H,5-6,8-9,11-15H2,1-3H3;(H,6,7)/t20-,22-;/m1./s1. The number of nitrogens with zero attached hydrogens (tertiary/aromatic N) is 2. The monoisotopic (exact) mass is 470 g/mol. The Morgan fingerprint density at radius 2 is 1.85 bits per heavy atom. The maximum atomic E-state index is 13.1. The first-order valence-corrected chi connectivity index (χ1v) is 11.3. The fourth-order valence-corrected chi connectivity index (χ4v) is 4.97. The number of likely N-dealkylation sites (tertiary alicyclic amines) is 2. The number of benzene rings is 1. The van der Waals surface area contributed by atoms with Gasteiger partial charge in [0.1, 0.15) is 0 Å². The maximum Gasteiger partial charge on any atom is 0.490 e. The fourth-order valence-electron chi connectivity index (χ4n) is 4.97. The van der Waals surface area contributed by atoms with E-state index >= 15 is 0 Å². The van der Waals surface area contributed by atoms with Crippen molar-refractivity contribution < 1.29 is 32.6 Å². The van der Waals surface area contributed by atoms with Gasteiger partial charge in [-0.3, -0.25) is 4.79 Å². The zero-order valence-electron chi connectivity index (χ0n) is 19.5. The Morgan fingerprint density at radius 3 is 2.39 bits per heavy atom. The number of carbonyl (C=O) groups is 2. The molecule has 4 rings (SSSR count). The number of halogens is 3. The van der Waals surface area contributed by atoms with Crippen LogP contribution in [0.3, 0.4) is 0 Å². The number of rotatable bonds is 5. The highest BCUT2D eigenvalue weighted by Crippen LogP contribution is 2.45. The van der Waals surface area contributed by atoms with Crippen LogP contribution in [0.15, 0.2) is 18.2 Å². The summed E-state index contributed by atoms with van der Waals surface area (Å²) in [6.45, 7) is 10.3. The van der Waals surface area contributed by atoms with Gasteiger partial charge in [0.25, 0.3) is 5.91 Å². The first-order valence-electron chi connectivity index (χ1n) is 11.3. The molecular weight excluding hydrogens is 437 g/mol. The van der Waals surface area contributed by atoms with Gasteiger partial charge in [-0.1, -0.05) is 6.07 Å². The van der Waals surface area contributed by atoms with E-state index in [0.29, 0.717) is 5.92 Å². The van der Waals surface area contributed by atoms with E-state index in [-0.39, 0.29) is 11.3 Å². The van der Waals surface area contributed by atoms with Crippen molar-refractivity contribution in [3.8, 4) is 0 Å². The highest BCUT2D eigenvalue weighted by atomic mass is 19.4. The van der Waals surface area contributed by atoms with Crippen molar-refractivity contribution in [2.45, 2.75) is 39.3 Å². The molecule has 1 spiro atoms. The Labute approximate surface area is 192 Å². The van der Waals surface area contributed by atoms with Crippen LogP contribution >= 0.6 is 0 Å². The van der Waals surface area contributed by atoms with Crippen molar-refractivity contribution in [1.29, 1.82) is 0 Å². The van der Waals surface area contributed by atoms with Gasteiger partial charge in [0, 0.05) is 56.7 Å². The molecule has 1 N–H and O–H groups in total. The summed E-state index contributed by atoms with van der Waals surface area (Å²) in [7, 11) is 1.81. The molecule has 2 saturated heterocycles. The van der Waals surface area contributed by atoms with Crippen LogP contribution < -0.4 is 0 Å². The summed E-state index contributed by atoms with van der Waals surface area (Å²) < 4.78 is 37.3. The van der Waals surface area contributed by atoms with E-state index in [4.69, 9.17) is 14.6 Å². The van der Waals surface area contributed by atoms with E-state index in [1.165, 1.54) is 30.5 Å². The third kappa shape index (κ3) is 6.26. The number of hydrogen-bond acceptors (Lipinski definition) is 4. The van der Waals surface area contributed by atoms with Gasteiger partial charge in [-0.25, -0.2) is 4.79 Å². The summed E-state index contributed by atoms with van der Waals surface area (Å²) in [5.41, 5.74) is 3.49. The average molecular weight is 471 g/mol. The number of aliphatic carboxylic acids is 1. The van der Waals surface area contributed by atoms with Gasteiger partial charge in [-0.05, 0) is 62.3 Å². The molecule has 3 aliphatic rings. The lowest BCUT2D eigenvalue weighted by molar-refractivity contribution is -0.192. The number of hydrogen-bond donors (Lipinski definition) is 1. The Morgan fingerprint density at radius 1 is 1.18 bits per heavy atom. The van der Waals surface area contributed by atoms with E-state index in [0.717, 1.165) is 50.7 Å². The second-order valence-electron chi connectivity index (χ2n) is 9.73. The minimum atomic E-state index is -5.08. The molecule has 2 heterocycles. The molecule has 1 aromatic carbocycles. The average Bonchev–Trinajstić information content (AvgIpc) is 3.35. The number of methoxy groups -OCH3 is 1. The molecular formula is C24H33F3N2O4. The normalized spacial score (nSPS) is 25.3. The number of carboxylic acid groups (broad SMARTS) is 1. The largest absolute Gasteiger partial charge is 0.490 e. The van der Waals surface area contributed by atoms with Gasteiger partial charge in [0.05, 0.1) is 6.61 Å². The van der Waals surface area contributed by atoms with Crippen molar-refractivity contribution in [1.82, 2.24) is 9.80 Å². The van der Waals surface area contributed by atoms with Crippen LogP contribution in [0.1, 0.15) is 40.7 Å². The van der Waals surface area contributed by atoms with Crippen molar-refractivity contribution in [2.24, 2.45) is 17.3 Å². The van der Waals surface area contributed by atoms with E-state index in [2.05, 4.69) is 29.7 Å². The lowest BCUT2D eigenvalue weighted by Crippen LogP contribution is -2.38. The Hall–Kier alpha value is -2.13. The van der Waals surface area contributed by atoms with Crippen LogP contribution in [0, 0.1) is 31.1 Å². The Bertz CT molecular complexity index is 872. The molecule has 1 amide bonds. The maximum absolute atomic E-state index is 13.1. The number of aryl methyl sites for hydroxylation is 2. The lowest BCUT2D eigenvalue weighted by atomic mass is 9.77. The van der Waals surface area contributed by atoms with Crippen LogP contribution in [0.25, 0.3) is 0 Å². The summed E-state index contributed by atoms with van der Waals surface area (Å²) in [6, 6.07) is 6.09. The molecule has 1 aromatic rings.